The van der Waals surface area contributed by atoms with Gasteiger partial charge in [-0.2, -0.15) is 0 Å². The predicted molar refractivity (Wildman–Crippen MR) is 125 cm³/mol. The Hall–Kier alpha value is -3.12. The molecule has 1 aliphatic heterocycles. The van der Waals surface area contributed by atoms with Gasteiger partial charge in [0.15, 0.2) is 0 Å². The third-order valence-electron chi connectivity index (χ3n) is 6.27. The van der Waals surface area contributed by atoms with Gasteiger partial charge >= 0.3 is 0 Å². The number of piperidine rings is 1. The molecule has 1 amide bonds. The second kappa shape index (κ2) is 10.5. The van der Waals surface area contributed by atoms with Crippen LogP contribution in [0.25, 0.3) is 0 Å². The van der Waals surface area contributed by atoms with E-state index in [4.69, 9.17) is 0 Å². The van der Waals surface area contributed by atoms with Crippen LogP contribution in [0.1, 0.15) is 58.8 Å². The summed E-state index contributed by atoms with van der Waals surface area (Å²) in [4.78, 5) is 29.0. The van der Waals surface area contributed by atoms with E-state index in [1.165, 1.54) is 0 Å². The van der Waals surface area contributed by atoms with Crippen LogP contribution in [0.3, 0.4) is 0 Å². The number of pyridine rings is 1. The summed E-state index contributed by atoms with van der Waals surface area (Å²) in [6.07, 6.45) is 8.55. The summed E-state index contributed by atoms with van der Waals surface area (Å²) in [5.41, 5.74) is 3.78. The number of carbonyl (C=O) groups is 1. The van der Waals surface area contributed by atoms with Crippen molar-refractivity contribution in [1.82, 2.24) is 25.2 Å². The molecule has 166 valence electrons. The average Bonchev–Trinajstić information content (AvgIpc) is 2.84. The molecule has 4 rings (SSSR count). The summed E-state index contributed by atoms with van der Waals surface area (Å²) in [5.74, 6) is 1.19. The molecule has 6 heteroatoms. The summed E-state index contributed by atoms with van der Waals surface area (Å²) in [6, 6.07) is 13.5. The molecule has 0 unspecified atom stereocenters. The van der Waals surface area contributed by atoms with Crippen LogP contribution >= 0.6 is 0 Å². The first-order chi connectivity index (χ1) is 15.6. The minimum atomic E-state index is -0.0994. The lowest BCUT2D eigenvalue weighted by Crippen LogP contribution is -2.41. The van der Waals surface area contributed by atoms with Crippen molar-refractivity contribution in [1.29, 1.82) is 0 Å². The molecule has 0 radical (unpaired) electrons. The van der Waals surface area contributed by atoms with Gasteiger partial charge < -0.3 is 5.32 Å². The molecule has 0 aliphatic carbocycles. The van der Waals surface area contributed by atoms with Gasteiger partial charge in [-0.1, -0.05) is 31.2 Å². The maximum Gasteiger partial charge on any atom is 0.252 e. The maximum absolute atomic E-state index is 13.1. The summed E-state index contributed by atoms with van der Waals surface area (Å²) in [6.45, 7) is 6.85. The van der Waals surface area contributed by atoms with Crippen molar-refractivity contribution >= 4 is 5.91 Å². The van der Waals surface area contributed by atoms with E-state index in [0.717, 1.165) is 67.1 Å². The Morgan fingerprint density at radius 3 is 2.44 bits per heavy atom. The first kappa shape index (κ1) is 22.1. The molecule has 1 aromatic carbocycles. The van der Waals surface area contributed by atoms with Gasteiger partial charge in [-0.15, -0.1) is 0 Å². The van der Waals surface area contributed by atoms with E-state index in [-0.39, 0.29) is 11.9 Å². The zero-order valence-electron chi connectivity index (χ0n) is 18.9. The number of aromatic nitrogens is 3. The van der Waals surface area contributed by atoms with E-state index in [2.05, 4.69) is 32.1 Å². The van der Waals surface area contributed by atoms with Crippen LogP contribution in [-0.4, -0.2) is 38.8 Å². The van der Waals surface area contributed by atoms with Crippen LogP contribution in [0, 0.1) is 12.8 Å². The highest BCUT2D eigenvalue weighted by Crippen LogP contribution is 2.31. The second-order valence-corrected chi connectivity index (χ2v) is 8.50. The molecule has 1 atom stereocenters. The van der Waals surface area contributed by atoms with Crippen molar-refractivity contribution in [2.24, 2.45) is 5.92 Å². The molecule has 0 saturated carbocycles. The van der Waals surface area contributed by atoms with Gasteiger partial charge in [0, 0.05) is 42.7 Å². The van der Waals surface area contributed by atoms with Gasteiger partial charge in [-0.05, 0) is 62.5 Å². The number of carbonyl (C=O) groups excluding carboxylic acids is 1. The quantitative estimate of drug-likeness (QED) is 0.612. The summed E-state index contributed by atoms with van der Waals surface area (Å²) in [7, 11) is 0. The van der Waals surface area contributed by atoms with E-state index in [1.807, 2.05) is 61.8 Å². The monoisotopic (exact) mass is 429 g/mol. The highest BCUT2D eigenvalue weighted by molar-refractivity contribution is 5.95. The Morgan fingerprint density at radius 1 is 1.06 bits per heavy atom. The van der Waals surface area contributed by atoms with Crippen molar-refractivity contribution < 1.29 is 4.79 Å². The van der Waals surface area contributed by atoms with Crippen LogP contribution in [0.4, 0.5) is 0 Å². The van der Waals surface area contributed by atoms with E-state index in [0.29, 0.717) is 5.92 Å². The normalized spacial score (nSPS) is 15.9. The summed E-state index contributed by atoms with van der Waals surface area (Å²) in [5, 5.41) is 3.30. The fourth-order valence-corrected chi connectivity index (χ4v) is 4.39. The summed E-state index contributed by atoms with van der Waals surface area (Å²) >= 11 is 0. The van der Waals surface area contributed by atoms with Gasteiger partial charge in [0.1, 0.15) is 5.82 Å². The first-order valence-corrected chi connectivity index (χ1v) is 11.4. The molecule has 3 aromatic rings. The topological polar surface area (TPSA) is 71.0 Å². The largest absolute Gasteiger partial charge is 0.343 e. The minimum absolute atomic E-state index is 0.0330. The number of hydrogen-bond acceptors (Lipinski definition) is 5. The number of amides is 1. The number of aryl methyl sites for hydroxylation is 2. The Morgan fingerprint density at radius 2 is 1.78 bits per heavy atom. The van der Waals surface area contributed by atoms with Crippen molar-refractivity contribution in [2.45, 2.75) is 45.7 Å². The standard InChI is InChI=1S/C26H31N5O/c1-3-24-28-16-20(17-29-24)18-31-14-11-21(12-15-31)25(23-10-6-7-13-27-23)30-26(32)22-9-5-4-8-19(22)2/h4-10,13,16-17,21,25H,3,11-12,14-15,18H2,1-2H3,(H,30,32)/t25-/m0/s1. The second-order valence-electron chi connectivity index (χ2n) is 8.50. The van der Waals surface area contributed by atoms with E-state index < -0.39 is 0 Å². The van der Waals surface area contributed by atoms with Gasteiger partial charge in [-0.3, -0.25) is 14.7 Å². The number of benzene rings is 1. The lowest BCUT2D eigenvalue weighted by atomic mass is 9.87. The van der Waals surface area contributed by atoms with Gasteiger partial charge in [0.05, 0.1) is 11.7 Å². The van der Waals surface area contributed by atoms with Crippen LogP contribution in [0.2, 0.25) is 0 Å². The predicted octanol–water partition coefficient (Wildman–Crippen LogP) is 4.13. The molecule has 3 heterocycles. The van der Waals surface area contributed by atoms with Crippen LogP contribution in [-0.2, 0) is 13.0 Å². The Labute approximate surface area is 190 Å². The lowest BCUT2D eigenvalue weighted by Gasteiger charge is -2.36. The molecule has 1 aliphatic rings. The molecule has 1 fully saturated rings. The number of likely N-dealkylation sites (tertiary alicyclic amines) is 1. The fraction of sp³-hybridized carbons (Fsp3) is 0.385. The Bertz CT molecular complexity index is 1010. The Kier molecular flexibility index (Phi) is 7.22. The molecule has 6 nitrogen and oxygen atoms in total. The van der Waals surface area contributed by atoms with Gasteiger partial charge in [-0.25, -0.2) is 9.97 Å². The molecule has 0 bridgehead atoms. The third kappa shape index (κ3) is 5.37. The molecule has 1 saturated heterocycles. The molecular weight excluding hydrogens is 398 g/mol. The SMILES string of the molecule is CCc1ncc(CN2CCC([C@H](NC(=O)c3ccccc3C)c3ccccn3)CC2)cn1. The zero-order valence-corrected chi connectivity index (χ0v) is 18.9. The molecule has 2 aromatic heterocycles. The zero-order chi connectivity index (χ0) is 22.3. The highest BCUT2D eigenvalue weighted by atomic mass is 16.1. The van der Waals surface area contributed by atoms with Gasteiger partial charge in [0.2, 0.25) is 0 Å². The van der Waals surface area contributed by atoms with E-state index in [9.17, 15) is 4.79 Å². The maximum atomic E-state index is 13.1. The molecule has 32 heavy (non-hydrogen) atoms. The fourth-order valence-electron chi connectivity index (χ4n) is 4.39. The van der Waals surface area contributed by atoms with E-state index in [1.54, 1.807) is 6.20 Å². The lowest BCUT2D eigenvalue weighted by molar-refractivity contribution is 0.0887. The third-order valence-corrected chi connectivity index (χ3v) is 6.27. The molecular formula is C26H31N5O. The van der Waals surface area contributed by atoms with Crippen molar-refractivity contribution in [2.75, 3.05) is 13.1 Å². The molecule has 1 N–H and O–H groups in total. The van der Waals surface area contributed by atoms with Gasteiger partial charge in [0.25, 0.3) is 5.91 Å². The first-order valence-electron chi connectivity index (χ1n) is 11.4. The van der Waals surface area contributed by atoms with Crippen LogP contribution in [0.15, 0.2) is 61.1 Å². The number of hydrogen-bond donors (Lipinski definition) is 1. The van der Waals surface area contributed by atoms with Crippen molar-refractivity contribution in [3.8, 4) is 0 Å². The number of nitrogens with zero attached hydrogens (tertiary/aromatic N) is 4. The molecule has 0 spiro atoms. The number of rotatable bonds is 7. The van der Waals surface area contributed by atoms with Crippen molar-refractivity contribution in [3.63, 3.8) is 0 Å². The Balaban J connectivity index is 1.43. The number of nitrogens with one attached hydrogen (secondary N) is 1. The minimum Gasteiger partial charge on any atom is -0.343 e. The average molecular weight is 430 g/mol. The van der Waals surface area contributed by atoms with Crippen LogP contribution < -0.4 is 5.32 Å². The summed E-state index contributed by atoms with van der Waals surface area (Å²) < 4.78 is 0. The van der Waals surface area contributed by atoms with Crippen molar-refractivity contribution in [3.05, 3.63) is 89.3 Å². The van der Waals surface area contributed by atoms with Crippen LogP contribution in [0.5, 0.6) is 0 Å². The smallest absolute Gasteiger partial charge is 0.252 e. The highest BCUT2D eigenvalue weighted by Gasteiger charge is 2.30. The van der Waals surface area contributed by atoms with E-state index >= 15 is 0 Å².